The SMILES string of the molecule is C[C@H]1C[C@H](NC(=O)C2(c3ccccc3)CCN(c3cnnc(-c4ccccc4O)c3)CC2)CCN1C(=O)CN1CCC(c2ccc([C@H]3CCC(=O)NC3=O)cc2)CC1. The third kappa shape index (κ3) is 8.34. The van der Waals surface area contributed by atoms with E-state index in [1.807, 2.05) is 53.4 Å². The van der Waals surface area contributed by atoms with Crippen molar-refractivity contribution in [3.63, 3.8) is 0 Å². The van der Waals surface area contributed by atoms with E-state index >= 15 is 0 Å². The van der Waals surface area contributed by atoms with Crippen LogP contribution in [0, 0.1) is 0 Å². The lowest BCUT2D eigenvalue weighted by Crippen LogP contribution is -2.57. The van der Waals surface area contributed by atoms with Gasteiger partial charge in [0, 0.05) is 43.7 Å². The summed E-state index contributed by atoms with van der Waals surface area (Å²) in [6.07, 6.45) is 7.29. The highest BCUT2D eigenvalue weighted by Gasteiger charge is 2.44. The Morgan fingerprint density at radius 3 is 2.28 bits per heavy atom. The van der Waals surface area contributed by atoms with Crippen LogP contribution in [0.5, 0.6) is 5.75 Å². The first kappa shape index (κ1) is 39.2. The second-order valence-corrected chi connectivity index (χ2v) is 16.6. The lowest BCUT2D eigenvalue weighted by molar-refractivity contribution is -0.137. The fourth-order valence-electron chi connectivity index (χ4n) is 9.62. The van der Waals surface area contributed by atoms with Crippen LogP contribution in [0.25, 0.3) is 11.3 Å². The van der Waals surface area contributed by atoms with Crippen LogP contribution in [0.1, 0.15) is 86.8 Å². The summed E-state index contributed by atoms with van der Waals surface area (Å²) in [5.41, 5.74) is 4.67. The Labute approximate surface area is 340 Å². The molecule has 58 heavy (non-hydrogen) atoms. The largest absolute Gasteiger partial charge is 0.507 e. The summed E-state index contributed by atoms with van der Waals surface area (Å²) in [7, 11) is 0. The van der Waals surface area contributed by atoms with Gasteiger partial charge in [-0.25, -0.2) is 0 Å². The summed E-state index contributed by atoms with van der Waals surface area (Å²) in [4.78, 5) is 58.5. The molecule has 4 fully saturated rings. The lowest BCUT2D eigenvalue weighted by Gasteiger charge is -2.44. The topological polar surface area (TPSA) is 148 Å². The van der Waals surface area contributed by atoms with Crippen molar-refractivity contribution in [3.05, 3.63) is 108 Å². The molecule has 0 saturated carbocycles. The summed E-state index contributed by atoms with van der Waals surface area (Å²) < 4.78 is 0. The predicted octanol–water partition coefficient (Wildman–Crippen LogP) is 5.28. The van der Waals surface area contributed by atoms with Crippen LogP contribution in [0.15, 0.2) is 91.1 Å². The molecule has 0 spiro atoms. The second kappa shape index (κ2) is 17.1. The highest BCUT2D eigenvalue weighted by atomic mass is 16.3. The molecule has 0 bridgehead atoms. The Hall–Kier alpha value is -5.62. The van der Waals surface area contributed by atoms with Crippen molar-refractivity contribution in [2.45, 2.75) is 87.6 Å². The maximum Gasteiger partial charge on any atom is 0.236 e. The zero-order valence-electron chi connectivity index (χ0n) is 33.2. The van der Waals surface area contributed by atoms with E-state index in [2.05, 4.69) is 61.8 Å². The quantitative estimate of drug-likeness (QED) is 0.193. The van der Waals surface area contributed by atoms with E-state index < -0.39 is 5.41 Å². The first-order chi connectivity index (χ1) is 28.2. The molecule has 3 N–H and O–H groups in total. The maximum atomic E-state index is 14.4. The number of piperidine rings is 4. The summed E-state index contributed by atoms with van der Waals surface area (Å²) in [6.45, 7) is 6.12. The van der Waals surface area contributed by atoms with Crippen LogP contribution in [0.3, 0.4) is 0 Å². The predicted molar refractivity (Wildman–Crippen MR) is 221 cm³/mol. The van der Waals surface area contributed by atoms with Crippen LogP contribution >= 0.6 is 0 Å². The number of amides is 4. The van der Waals surface area contributed by atoms with Crippen molar-refractivity contribution in [2.75, 3.05) is 44.2 Å². The average Bonchev–Trinajstić information content (AvgIpc) is 3.24. The first-order valence-electron chi connectivity index (χ1n) is 20.8. The first-order valence-corrected chi connectivity index (χ1v) is 20.8. The number of aromatic hydroxyl groups is 1. The van der Waals surface area contributed by atoms with Crippen LogP contribution in [0.4, 0.5) is 5.69 Å². The number of hydrogen-bond donors (Lipinski definition) is 3. The number of phenols is 1. The fraction of sp³-hybridized carbons (Fsp3) is 0.435. The van der Waals surface area contributed by atoms with Crippen molar-refractivity contribution >= 4 is 29.3 Å². The van der Waals surface area contributed by atoms with E-state index in [1.165, 1.54) is 5.56 Å². The Bertz CT molecular complexity index is 2110. The number of imide groups is 1. The van der Waals surface area contributed by atoms with Crippen LogP contribution in [0.2, 0.25) is 0 Å². The van der Waals surface area contributed by atoms with E-state index in [9.17, 15) is 24.3 Å². The fourth-order valence-corrected chi connectivity index (χ4v) is 9.62. The Balaban J connectivity index is 0.834. The molecular weight excluding hydrogens is 731 g/mol. The van der Waals surface area contributed by atoms with Gasteiger partial charge in [0.05, 0.1) is 35.5 Å². The molecule has 5 heterocycles. The van der Waals surface area contributed by atoms with E-state index in [1.54, 1.807) is 18.3 Å². The van der Waals surface area contributed by atoms with Gasteiger partial charge in [-0.05, 0) is 106 Å². The van der Waals surface area contributed by atoms with Gasteiger partial charge in [-0.2, -0.15) is 10.2 Å². The Kier molecular flexibility index (Phi) is 11.5. The van der Waals surface area contributed by atoms with Gasteiger partial charge >= 0.3 is 0 Å². The second-order valence-electron chi connectivity index (χ2n) is 16.6. The van der Waals surface area contributed by atoms with Gasteiger partial charge in [0.15, 0.2) is 0 Å². The van der Waals surface area contributed by atoms with Gasteiger partial charge in [-0.15, -0.1) is 0 Å². The van der Waals surface area contributed by atoms with Crippen molar-refractivity contribution < 1.29 is 24.3 Å². The molecule has 0 radical (unpaired) electrons. The number of carbonyl (C=O) groups is 4. The molecule has 12 heteroatoms. The summed E-state index contributed by atoms with van der Waals surface area (Å²) in [5, 5.41) is 24.8. The molecule has 3 aromatic carbocycles. The van der Waals surface area contributed by atoms with E-state index in [4.69, 9.17) is 0 Å². The van der Waals surface area contributed by atoms with E-state index in [0.29, 0.717) is 81.9 Å². The molecule has 0 unspecified atom stereocenters. The molecular formula is C46H53N7O5. The highest BCUT2D eigenvalue weighted by Crippen LogP contribution is 2.39. The summed E-state index contributed by atoms with van der Waals surface area (Å²) in [5.74, 6) is 0.0691. The number of phenolic OH excluding ortho intramolecular Hbond substituents is 1. The molecule has 3 atom stereocenters. The third-order valence-corrected chi connectivity index (χ3v) is 13.1. The number of rotatable bonds is 9. The smallest absolute Gasteiger partial charge is 0.236 e. The molecule has 8 rings (SSSR count). The molecule has 12 nitrogen and oxygen atoms in total. The zero-order valence-corrected chi connectivity index (χ0v) is 33.2. The molecule has 0 aliphatic carbocycles. The standard InChI is InChI=1S/C46H53N7O5/c1-31-27-36(19-24-53(31)43(56)30-51-22-17-33(18-23-51)32-11-13-34(14-12-32)38-15-16-42(55)49-44(38)57)48-45(58)46(35-7-3-2-4-8-35)20-25-52(26-21-46)37-28-40(50-47-29-37)39-9-5-6-10-41(39)54/h2-14,28-29,31,33,36,38,54H,15-27,30H2,1H3,(H,48,58)(H,49,55,57)/t31-,36+,38+/m0/s1. The maximum absolute atomic E-state index is 14.4. The molecule has 4 aliphatic heterocycles. The molecule has 4 amide bonds. The molecule has 302 valence electrons. The summed E-state index contributed by atoms with van der Waals surface area (Å²) in [6, 6.07) is 27.5. The monoisotopic (exact) mass is 783 g/mol. The van der Waals surface area contributed by atoms with Crippen molar-refractivity contribution in [1.29, 1.82) is 0 Å². The van der Waals surface area contributed by atoms with Gasteiger partial charge in [0.25, 0.3) is 0 Å². The molecule has 1 aromatic heterocycles. The minimum Gasteiger partial charge on any atom is -0.507 e. The Morgan fingerprint density at radius 1 is 0.862 bits per heavy atom. The minimum absolute atomic E-state index is 0.0129. The summed E-state index contributed by atoms with van der Waals surface area (Å²) >= 11 is 0. The van der Waals surface area contributed by atoms with Crippen LogP contribution < -0.4 is 15.5 Å². The van der Waals surface area contributed by atoms with Gasteiger partial charge in [0.2, 0.25) is 23.6 Å². The highest BCUT2D eigenvalue weighted by molar-refractivity contribution is 6.01. The van der Waals surface area contributed by atoms with Crippen LogP contribution in [-0.4, -0.2) is 100 Å². The number of para-hydroxylation sites is 1. The normalized spacial score (nSPS) is 22.9. The van der Waals surface area contributed by atoms with E-state index in [-0.39, 0.29) is 47.4 Å². The lowest BCUT2D eigenvalue weighted by atomic mass is 9.71. The average molecular weight is 784 g/mol. The number of aromatic nitrogens is 2. The van der Waals surface area contributed by atoms with Gasteiger partial charge in [-0.3, -0.25) is 29.4 Å². The number of benzene rings is 3. The molecule has 4 saturated heterocycles. The van der Waals surface area contributed by atoms with Crippen molar-refractivity contribution in [2.24, 2.45) is 0 Å². The van der Waals surface area contributed by atoms with Gasteiger partial charge < -0.3 is 20.2 Å². The molecule has 4 aliphatic rings. The Morgan fingerprint density at radius 2 is 1.57 bits per heavy atom. The number of nitrogens with zero attached hydrogens (tertiary/aromatic N) is 5. The molecule has 4 aromatic rings. The number of anilines is 1. The number of carbonyl (C=O) groups excluding carboxylic acids is 4. The van der Waals surface area contributed by atoms with Crippen LogP contribution in [-0.2, 0) is 24.6 Å². The zero-order chi connectivity index (χ0) is 40.2. The number of hydrogen-bond acceptors (Lipinski definition) is 9. The number of likely N-dealkylation sites (tertiary alicyclic amines) is 2. The third-order valence-electron chi connectivity index (χ3n) is 13.1. The van der Waals surface area contributed by atoms with Crippen molar-refractivity contribution in [1.82, 2.24) is 30.6 Å². The van der Waals surface area contributed by atoms with E-state index in [0.717, 1.165) is 42.7 Å². The van der Waals surface area contributed by atoms with Gasteiger partial charge in [0.1, 0.15) is 5.75 Å². The minimum atomic E-state index is -0.684. The van der Waals surface area contributed by atoms with Crippen molar-refractivity contribution in [3.8, 4) is 17.0 Å². The van der Waals surface area contributed by atoms with Gasteiger partial charge in [-0.1, -0.05) is 66.7 Å². The number of nitrogens with one attached hydrogen (secondary N) is 2.